The number of nitrogens with one attached hydrogen (secondary N) is 2. The third kappa shape index (κ3) is 3.12. The predicted molar refractivity (Wildman–Crippen MR) is 72.7 cm³/mol. The van der Waals surface area contributed by atoms with Gasteiger partial charge in [-0.1, -0.05) is 0 Å². The van der Waals surface area contributed by atoms with E-state index in [1.807, 2.05) is 0 Å². The minimum Gasteiger partial charge on any atom is -0.494 e. The summed E-state index contributed by atoms with van der Waals surface area (Å²) >= 11 is 0. The van der Waals surface area contributed by atoms with Gasteiger partial charge in [0.1, 0.15) is 6.20 Å². The Labute approximate surface area is 118 Å². The number of nitrogen functional groups attached to an aromatic ring is 1. The highest BCUT2D eigenvalue weighted by Gasteiger charge is 2.18. The maximum atomic E-state index is 13.6. The van der Waals surface area contributed by atoms with E-state index in [1.165, 1.54) is 19.2 Å². The van der Waals surface area contributed by atoms with Crippen LogP contribution < -0.4 is 21.3 Å². The molecule has 0 aliphatic carbocycles. The number of aromatic nitrogens is 2. The Bertz CT molecular complexity index is 681. The first-order chi connectivity index (χ1) is 10.0. The average Bonchev–Trinajstić information content (AvgIpc) is 2.47. The number of benzene rings is 1. The number of nitro groups is 1. The second kappa shape index (κ2) is 5.96. The Hall–Kier alpha value is -3.01. The van der Waals surface area contributed by atoms with Gasteiger partial charge < -0.3 is 10.1 Å². The van der Waals surface area contributed by atoms with E-state index in [4.69, 9.17) is 10.6 Å². The average molecular weight is 294 g/mol. The van der Waals surface area contributed by atoms with E-state index in [0.29, 0.717) is 0 Å². The second-order valence-electron chi connectivity index (χ2n) is 3.80. The van der Waals surface area contributed by atoms with Gasteiger partial charge >= 0.3 is 5.69 Å². The largest absolute Gasteiger partial charge is 0.494 e. The van der Waals surface area contributed by atoms with Crippen molar-refractivity contribution in [2.45, 2.75) is 0 Å². The normalized spacial score (nSPS) is 10.0. The summed E-state index contributed by atoms with van der Waals surface area (Å²) in [6.07, 6.45) is 0.990. The highest BCUT2D eigenvalue weighted by molar-refractivity contribution is 5.66. The SMILES string of the molecule is COc1ccc(Nc2nc(NN)ncc2[N+](=O)[O-])cc1F. The van der Waals surface area contributed by atoms with Crippen LogP contribution in [0.1, 0.15) is 0 Å². The van der Waals surface area contributed by atoms with Crippen molar-refractivity contribution in [3.8, 4) is 5.75 Å². The molecule has 0 atom stereocenters. The number of nitrogens with two attached hydrogens (primary N) is 1. The molecule has 110 valence electrons. The lowest BCUT2D eigenvalue weighted by Gasteiger charge is -2.08. The number of nitrogens with zero attached hydrogens (tertiary/aromatic N) is 3. The van der Waals surface area contributed by atoms with Crippen molar-refractivity contribution in [1.29, 1.82) is 0 Å². The standard InChI is InChI=1S/C11H11FN6O3/c1-21-9-3-2-6(4-7(9)12)15-10-8(18(19)20)5-14-11(16-10)17-13/h2-5H,13H2,1H3,(H2,14,15,16,17). The molecule has 0 saturated heterocycles. The van der Waals surface area contributed by atoms with Gasteiger partial charge in [0.25, 0.3) is 0 Å². The van der Waals surface area contributed by atoms with E-state index in [-0.39, 0.29) is 28.9 Å². The molecule has 1 aromatic carbocycles. The zero-order valence-corrected chi connectivity index (χ0v) is 10.8. The van der Waals surface area contributed by atoms with E-state index in [1.54, 1.807) is 0 Å². The first-order valence-corrected chi connectivity index (χ1v) is 5.63. The van der Waals surface area contributed by atoms with Crippen LogP contribution in [-0.2, 0) is 0 Å². The van der Waals surface area contributed by atoms with E-state index in [0.717, 1.165) is 12.3 Å². The summed E-state index contributed by atoms with van der Waals surface area (Å²) in [5.41, 5.74) is 2.06. The van der Waals surface area contributed by atoms with Crippen molar-refractivity contribution in [2.24, 2.45) is 5.84 Å². The molecule has 2 aromatic rings. The second-order valence-corrected chi connectivity index (χ2v) is 3.80. The number of hydrogen-bond donors (Lipinski definition) is 3. The maximum Gasteiger partial charge on any atom is 0.329 e. The number of methoxy groups -OCH3 is 1. The summed E-state index contributed by atoms with van der Waals surface area (Å²) in [7, 11) is 1.33. The van der Waals surface area contributed by atoms with Gasteiger partial charge in [-0.2, -0.15) is 4.98 Å². The van der Waals surface area contributed by atoms with Crippen molar-refractivity contribution in [2.75, 3.05) is 17.9 Å². The van der Waals surface area contributed by atoms with Crippen molar-refractivity contribution in [3.05, 3.63) is 40.3 Å². The highest BCUT2D eigenvalue weighted by Crippen LogP contribution is 2.27. The van der Waals surface area contributed by atoms with Crippen LogP contribution in [-0.4, -0.2) is 22.0 Å². The van der Waals surface area contributed by atoms with Gasteiger partial charge in [0.15, 0.2) is 11.6 Å². The Morgan fingerprint density at radius 2 is 2.24 bits per heavy atom. The monoisotopic (exact) mass is 294 g/mol. The molecule has 0 saturated carbocycles. The Morgan fingerprint density at radius 1 is 1.48 bits per heavy atom. The van der Waals surface area contributed by atoms with Crippen molar-refractivity contribution < 1.29 is 14.1 Å². The number of halogens is 1. The number of anilines is 3. The molecular weight excluding hydrogens is 283 g/mol. The van der Waals surface area contributed by atoms with Crippen LogP contribution in [0.3, 0.4) is 0 Å². The molecule has 1 aromatic heterocycles. The number of ether oxygens (including phenoxy) is 1. The molecule has 1 heterocycles. The van der Waals surface area contributed by atoms with E-state index >= 15 is 0 Å². The molecular formula is C11H11FN6O3. The molecule has 2 rings (SSSR count). The van der Waals surface area contributed by atoms with Crippen molar-refractivity contribution in [3.63, 3.8) is 0 Å². The zero-order valence-electron chi connectivity index (χ0n) is 10.8. The van der Waals surface area contributed by atoms with Gasteiger partial charge in [0, 0.05) is 11.8 Å². The van der Waals surface area contributed by atoms with Crippen molar-refractivity contribution >= 4 is 23.1 Å². The minimum absolute atomic E-state index is 0.0166. The highest BCUT2D eigenvalue weighted by atomic mass is 19.1. The fraction of sp³-hybridized carbons (Fsp3) is 0.0909. The Kier molecular flexibility index (Phi) is 4.09. The smallest absolute Gasteiger partial charge is 0.329 e. The molecule has 4 N–H and O–H groups in total. The lowest BCUT2D eigenvalue weighted by molar-refractivity contribution is -0.384. The molecule has 0 aliphatic heterocycles. The van der Waals surface area contributed by atoms with E-state index in [2.05, 4.69) is 20.7 Å². The summed E-state index contributed by atoms with van der Waals surface area (Å²) in [4.78, 5) is 17.7. The van der Waals surface area contributed by atoms with Gasteiger partial charge in [0.05, 0.1) is 12.0 Å². The molecule has 0 unspecified atom stereocenters. The van der Waals surface area contributed by atoms with Gasteiger partial charge in [-0.05, 0) is 12.1 Å². The first-order valence-electron chi connectivity index (χ1n) is 5.63. The molecule has 0 fully saturated rings. The molecule has 9 nitrogen and oxygen atoms in total. The van der Waals surface area contributed by atoms with Crippen LogP contribution in [0, 0.1) is 15.9 Å². The molecule has 0 radical (unpaired) electrons. The molecule has 0 bridgehead atoms. The number of hydrogen-bond acceptors (Lipinski definition) is 8. The van der Waals surface area contributed by atoms with Crippen LogP contribution in [0.25, 0.3) is 0 Å². The van der Waals surface area contributed by atoms with Crippen molar-refractivity contribution in [1.82, 2.24) is 9.97 Å². The summed E-state index contributed by atoms with van der Waals surface area (Å²) < 4.78 is 18.4. The third-order valence-corrected chi connectivity index (χ3v) is 2.51. The van der Waals surface area contributed by atoms with Crippen LogP contribution in [0.4, 0.5) is 27.5 Å². The quantitative estimate of drug-likeness (QED) is 0.430. The summed E-state index contributed by atoms with van der Waals surface area (Å²) in [5, 5.41) is 13.6. The lowest BCUT2D eigenvalue weighted by atomic mass is 10.3. The summed E-state index contributed by atoms with van der Waals surface area (Å²) in [6, 6.07) is 4.00. The molecule has 21 heavy (non-hydrogen) atoms. The molecule has 10 heteroatoms. The van der Waals surface area contributed by atoms with Crippen LogP contribution in [0.2, 0.25) is 0 Å². The van der Waals surface area contributed by atoms with E-state index < -0.39 is 10.7 Å². The molecule has 0 amide bonds. The maximum absolute atomic E-state index is 13.6. The van der Waals surface area contributed by atoms with E-state index in [9.17, 15) is 14.5 Å². The summed E-state index contributed by atoms with van der Waals surface area (Å²) in [5.74, 6) is 4.46. The van der Waals surface area contributed by atoms with Gasteiger partial charge in [0.2, 0.25) is 11.8 Å². The molecule has 0 aliphatic rings. The van der Waals surface area contributed by atoms with Gasteiger partial charge in [-0.15, -0.1) is 0 Å². The van der Waals surface area contributed by atoms with Gasteiger partial charge in [-0.3, -0.25) is 15.5 Å². The Morgan fingerprint density at radius 3 is 2.81 bits per heavy atom. The third-order valence-electron chi connectivity index (χ3n) is 2.51. The van der Waals surface area contributed by atoms with Gasteiger partial charge in [-0.25, -0.2) is 15.2 Å². The topological polar surface area (TPSA) is 128 Å². The Balaban J connectivity index is 2.37. The lowest BCUT2D eigenvalue weighted by Crippen LogP contribution is -2.12. The van der Waals surface area contributed by atoms with Crippen LogP contribution in [0.15, 0.2) is 24.4 Å². The predicted octanol–water partition coefficient (Wildman–Crippen LogP) is 1.56. The minimum atomic E-state index is -0.664. The number of rotatable bonds is 5. The van der Waals surface area contributed by atoms with Crippen LogP contribution in [0.5, 0.6) is 5.75 Å². The number of hydrazine groups is 1. The summed E-state index contributed by atoms with van der Waals surface area (Å²) in [6.45, 7) is 0. The molecule has 0 spiro atoms. The fourth-order valence-electron chi connectivity index (χ4n) is 1.55. The first kappa shape index (κ1) is 14.4. The zero-order chi connectivity index (χ0) is 15.4. The van der Waals surface area contributed by atoms with Crippen LogP contribution >= 0.6 is 0 Å². The fourth-order valence-corrected chi connectivity index (χ4v) is 1.55.